The van der Waals surface area contributed by atoms with Gasteiger partial charge in [0.25, 0.3) is 0 Å². The Kier molecular flexibility index (Phi) is 4.28. The van der Waals surface area contributed by atoms with Gasteiger partial charge in [0.2, 0.25) is 0 Å². The normalized spacial score (nSPS) is 22.0. The van der Waals surface area contributed by atoms with Crippen LogP contribution in [0.15, 0.2) is 6.07 Å². The lowest BCUT2D eigenvalue weighted by Crippen LogP contribution is -2.18. The zero-order chi connectivity index (χ0) is 14.9. The van der Waals surface area contributed by atoms with E-state index in [0.29, 0.717) is 24.3 Å². The van der Waals surface area contributed by atoms with Crippen LogP contribution in [-0.2, 0) is 11.2 Å². The second-order valence-electron chi connectivity index (χ2n) is 5.17. The molecule has 110 valence electrons. The Bertz CT molecular complexity index is 530. The highest BCUT2D eigenvalue weighted by atomic mass is 19.1. The van der Waals surface area contributed by atoms with Crippen molar-refractivity contribution in [3.63, 3.8) is 0 Å². The molecule has 2 atom stereocenters. The van der Waals surface area contributed by atoms with Crippen LogP contribution < -0.4 is 10.1 Å². The van der Waals surface area contributed by atoms with Crippen LogP contribution in [0, 0.1) is 18.7 Å². The zero-order valence-electron chi connectivity index (χ0n) is 12.0. The first-order valence-electron chi connectivity index (χ1n) is 6.81. The number of ether oxygens (including phenoxy) is 1. The summed E-state index contributed by atoms with van der Waals surface area (Å²) < 4.78 is 19.4. The highest BCUT2D eigenvalue weighted by Gasteiger charge is 2.32. The third-order valence-electron chi connectivity index (χ3n) is 4.02. The predicted molar refractivity (Wildman–Crippen MR) is 73.6 cm³/mol. The molecule has 1 aromatic carbocycles. The van der Waals surface area contributed by atoms with Crippen molar-refractivity contribution < 1.29 is 19.0 Å². The molecule has 20 heavy (non-hydrogen) atoms. The smallest absolute Gasteiger partial charge is 0.307 e. The van der Waals surface area contributed by atoms with E-state index in [1.54, 1.807) is 6.92 Å². The summed E-state index contributed by atoms with van der Waals surface area (Å²) in [4.78, 5) is 11.0. The van der Waals surface area contributed by atoms with Crippen molar-refractivity contribution in [3.8, 4) is 5.75 Å². The molecule has 1 aliphatic rings. The number of halogens is 1. The molecule has 0 bridgehead atoms. The highest BCUT2D eigenvalue weighted by Crippen LogP contribution is 2.37. The van der Waals surface area contributed by atoms with E-state index in [9.17, 15) is 9.18 Å². The van der Waals surface area contributed by atoms with Crippen LogP contribution in [0.2, 0.25) is 0 Å². The van der Waals surface area contributed by atoms with Crippen LogP contribution in [-0.4, -0.2) is 24.7 Å². The van der Waals surface area contributed by atoms with Crippen LogP contribution in [0.5, 0.6) is 5.75 Å². The molecule has 0 spiro atoms. The number of hydrogen-bond donors (Lipinski definition) is 2. The van der Waals surface area contributed by atoms with Gasteiger partial charge in [-0.1, -0.05) is 6.92 Å². The number of methoxy groups -OCH3 is 1. The van der Waals surface area contributed by atoms with Crippen LogP contribution in [0.1, 0.15) is 36.1 Å². The third-order valence-corrected chi connectivity index (χ3v) is 4.02. The molecule has 0 amide bonds. The van der Waals surface area contributed by atoms with Crippen molar-refractivity contribution in [2.45, 2.75) is 32.7 Å². The minimum Gasteiger partial charge on any atom is -0.496 e. The van der Waals surface area contributed by atoms with Crippen molar-refractivity contribution >= 4 is 5.97 Å². The Hall–Kier alpha value is -1.62. The molecule has 1 fully saturated rings. The number of carboxylic acid groups (broad SMARTS) is 1. The molecule has 0 aliphatic carbocycles. The quantitative estimate of drug-likeness (QED) is 0.890. The Balaban J connectivity index is 2.42. The molecule has 5 heteroatoms. The first-order valence-corrected chi connectivity index (χ1v) is 6.81. The number of aliphatic carboxylic acids is 1. The van der Waals surface area contributed by atoms with Gasteiger partial charge >= 0.3 is 5.97 Å². The predicted octanol–water partition coefficient (Wildman–Crippen LogP) is 2.44. The summed E-state index contributed by atoms with van der Waals surface area (Å²) in [6.45, 7) is 4.10. The molecule has 1 aliphatic heterocycles. The topological polar surface area (TPSA) is 58.6 Å². The minimum absolute atomic E-state index is 0.130. The minimum atomic E-state index is -0.808. The Labute approximate surface area is 117 Å². The van der Waals surface area contributed by atoms with Gasteiger partial charge in [0.15, 0.2) is 0 Å². The van der Waals surface area contributed by atoms with Gasteiger partial charge in [0, 0.05) is 18.2 Å². The molecule has 0 saturated carbocycles. The summed E-state index contributed by atoms with van der Waals surface area (Å²) >= 11 is 0. The largest absolute Gasteiger partial charge is 0.496 e. The van der Waals surface area contributed by atoms with E-state index in [1.807, 2.05) is 6.92 Å². The average molecular weight is 281 g/mol. The Morgan fingerprint density at radius 2 is 2.30 bits per heavy atom. The summed E-state index contributed by atoms with van der Waals surface area (Å²) in [6.07, 6.45) is 1.20. The maximum absolute atomic E-state index is 14.0. The van der Waals surface area contributed by atoms with Gasteiger partial charge < -0.3 is 15.2 Å². The third kappa shape index (κ3) is 2.50. The van der Waals surface area contributed by atoms with Crippen LogP contribution in [0.25, 0.3) is 0 Å². The van der Waals surface area contributed by atoms with E-state index in [2.05, 4.69) is 5.32 Å². The monoisotopic (exact) mass is 281 g/mol. The second kappa shape index (κ2) is 5.79. The number of carbonyl (C=O) groups is 1. The summed E-state index contributed by atoms with van der Waals surface area (Å²) in [7, 11) is 1.53. The fraction of sp³-hybridized carbons (Fsp3) is 0.533. The summed E-state index contributed by atoms with van der Waals surface area (Å²) in [5, 5.41) is 12.2. The molecule has 1 aromatic rings. The van der Waals surface area contributed by atoms with E-state index in [-0.39, 0.29) is 11.9 Å². The summed E-state index contributed by atoms with van der Waals surface area (Å²) in [5.74, 6) is -0.963. The zero-order valence-corrected chi connectivity index (χ0v) is 12.0. The van der Waals surface area contributed by atoms with Crippen molar-refractivity contribution in [2.75, 3.05) is 13.7 Å². The SMILES string of the molecule is CCc1c(C2CC(C(=O)O)CN2)cc(F)c(C)c1OC. The molecule has 0 radical (unpaired) electrons. The van der Waals surface area contributed by atoms with Gasteiger partial charge in [0.05, 0.1) is 13.0 Å². The molecule has 2 rings (SSSR count). The molecular formula is C15H20FNO3. The Morgan fingerprint density at radius 1 is 1.60 bits per heavy atom. The van der Waals surface area contributed by atoms with E-state index in [0.717, 1.165) is 17.5 Å². The molecule has 1 heterocycles. The van der Waals surface area contributed by atoms with Crippen molar-refractivity contribution in [1.29, 1.82) is 0 Å². The van der Waals surface area contributed by atoms with Gasteiger partial charge in [-0.15, -0.1) is 0 Å². The molecule has 4 nitrogen and oxygen atoms in total. The number of carboxylic acids is 1. The van der Waals surface area contributed by atoms with Gasteiger partial charge in [0.1, 0.15) is 11.6 Å². The Morgan fingerprint density at radius 3 is 2.80 bits per heavy atom. The number of benzene rings is 1. The van der Waals surface area contributed by atoms with E-state index in [1.165, 1.54) is 13.2 Å². The first-order chi connectivity index (χ1) is 9.49. The summed E-state index contributed by atoms with van der Waals surface area (Å²) in [6, 6.07) is 1.38. The van der Waals surface area contributed by atoms with Crippen molar-refractivity contribution in [1.82, 2.24) is 5.32 Å². The maximum Gasteiger partial charge on any atom is 0.307 e. The molecule has 2 N–H and O–H groups in total. The van der Waals surface area contributed by atoms with E-state index >= 15 is 0 Å². The number of hydrogen-bond acceptors (Lipinski definition) is 3. The average Bonchev–Trinajstić information content (AvgIpc) is 2.90. The second-order valence-corrected chi connectivity index (χ2v) is 5.17. The molecule has 1 saturated heterocycles. The van der Waals surface area contributed by atoms with Gasteiger partial charge in [-0.2, -0.15) is 0 Å². The molecule has 0 aromatic heterocycles. The summed E-state index contributed by atoms with van der Waals surface area (Å²) in [5.41, 5.74) is 2.27. The van der Waals surface area contributed by atoms with Gasteiger partial charge in [-0.05, 0) is 37.0 Å². The fourth-order valence-corrected chi connectivity index (χ4v) is 2.91. The van der Waals surface area contributed by atoms with Crippen molar-refractivity contribution in [2.24, 2.45) is 5.92 Å². The van der Waals surface area contributed by atoms with Crippen LogP contribution in [0.4, 0.5) is 4.39 Å². The number of rotatable bonds is 4. The van der Waals surface area contributed by atoms with E-state index < -0.39 is 11.9 Å². The fourth-order valence-electron chi connectivity index (χ4n) is 2.91. The first kappa shape index (κ1) is 14.8. The lowest BCUT2D eigenvalue weighted by molar-refractivity contribution is -0.141. The maximum atomic E-state index is 14.0. The lowest BCUT2D eigenvalue weighted by atomic mass is 9.92. The molecule has 2 unspecified atom stereocenters. The molecular weight excluding hydrogens is 261 g/mol. The van der Waals surface area contributed by atoms with Crippen LogP contribution >= 0.6 is 0 Å². The van der Waals surface area contributed by atoms with Gasteiger partial charge in [-0.3, -0.25) is 4.79 Å². The van der Waals surface area contributed by atoms with Gasteiger partial charge in [-0.25, -0.2) is 4.39 Å². The highest BCUT2D eigenvalue weighted by molar-refractivity contribution is 5.71. The lowest BCUT2D eigenvalue weighted by Gasteiger charge is -2.20. The van der Waals surface area contributed by atoms with E-state index in [4.69, 9.17) is 9.84 Å². The number of nitrogens with one attached hydrogen (secondary N) is 1. The van der Waals surface area contributed by atoms with Crippen LogP contribution in [0.3, 0.4) is 0 Å². The standard InChI is InChI=1S/C15H20FNO3/c1-4-10-11(6-12(16)8(2)14(10)20-3)13-5-9(7-17-13)15(18)19/h6,9,13,17H,4-5,7H2,1-3H3,(H,18,19). The van der Waals surface area contributed by atoms with Crippen molar-refractivity contribution in [3.05, 3.63) is 28.6 Å².